The van der Waals surface area contributed by atoms with Crippen molar-refractivity contribution < 1.29 is 8.78 Å². The number of rotatable bonds is 3. The molecule has 3 heteroatoms. The highest BCUT2D eigenvalue weighted by molar-refractivity contribution is 5.37. The Labute approximate surface area is 112 Å². The van der Waals surface area contributed by atoms with Crippen molar-refractivity contribution in [3.8, 4) is 0 Å². The van der Waals surface area contributed by atoms with E-state index in [1.807, 2.05) is 13.8 Å². The van der Waals surface area contributed by atoms with Crippen LogP contribution in [0.5, 0.6) is 0 Å². The molecule has 0 atom stereocenters. The largest absolute Gasteiger partial charge is 0.309 e. The van der Waals surface area contributed by atoms with Crippen molar-refractivity contribution in [2.45, 2.75) is 19.9 Å². The molecule has 0 bridgehead atoms. The van der Waals surface area contributed by atoms with Crippen molar-refractivity contribution >= 4 is 0 Å². The van der Waals surface area contributed by atoms with E-state index in [1.165, 1.54) is 12.1 Å². The highest BCUT2D eigenvalue weighted by Gasteiger charge is 2.19. The van der Waals surface area contributed by atoms with Crippen LogP contribution < -0.4 is 5.32 Å². The van der Waals surface area contributed by atoms with E-state index < -0.39 is 6.04 Å². The normalized spacial score (nSPS) is 11.1. The zero-order valence-electron chi connectivity index (χ0n) is 11.3. The smallest absolute Gasteiger partial charge is 0.128 e. The van der Waals surface area contributed by atoms with Crippen LogP contribution >= 0.6 is 0 Å². The van der Waals surface area contributed by atoms with E-state index in [9.17, 15) is 8.78 Å². The lowest BCUT2D eigenvalue weighted by atomic mass is 9.95. The summed E-state index contributed by atoms with van der Waals surface area (Å²) in [5.74, 6) is -0.656. The van der Waals surface area contributed by atoms with Crippen molar-refractivity contribution in [1.29, 1.82) is 0 Å². The Hall–Kier alpha value is -1.74. The molecule has 2 aromatic rings. The van der Waals surface area contributed by atoms with Gasteiger partial charge in [-0.1, -0.05) is 35.4 Å². The zero-order valence-corrected chi connectivity index (χ0v) is 11.3. The number of halogens is 2. The summed E-state index contributed by atoms with van der Waals surface area (Å²) in [5, 5.41) is 2.99. The Morgan fingerprint density at radius 3 is 1.63 bits per heavy atom. The number of aryl methyl sites for hydroxylation is 2. The fourth-order valence-electron chi connectivity index (χ4n) is 2.25. The van der Waals surface area contributed by atoms with Gasteiger partial charge >= 0.3 is 0 Å². The molecule has 0 radical (unpaired) electrons. The summed E-state index contributed by atoms with van der Waals surface area (Å²) in [4.78, 5) is 0. The van der Waals surface area contributed by atoms with E-state index in [0.717, 1.165) is 11.1 Å². The van der Waals surface area contributed by atoms with E-state index in [4.69, 9.17) is 0 Å². The molecule has 0 spiro atoms. The van der Waals surface area contributed by atoms with Gasteiger partial charge in [0, 0.05) is 11.1 Å². The van der Waals surface area contributed by atoms with Gasteiger partial charge in [0.15, 0.2) is 0 Å². The molecule has 0 unspecified atom stereocenters. The summed E-state index contributed by atoms with van der Waals surface area (Å²) >= 11 is 0. The number of hydrogen-bond donors (Lipinski definition) is 1. The van der Waals surface area contributed by atoms with Crippen LogP contribution in [0, 0.1) is 25.5 Å². The fraction of sp³-hybridized carbons (Fsp3) is 0.250. The van der Waals surface area contributed by atoms with Crippen LogP contribution in [0.2, 0.25) is 0 Å². The van der Waals surface area contributed by atoms with Gasteiger partial charge < -0.3 is 5.32 Å². The van der Waals surface area contributed by atoms with Crippen LogP contribution in [0.4, 0.5) is 8.78 Å². The van der Waals surface area contributed by atoms with Gasteiger partial charge in [-0.25, -0.2) is 8.78 Å². The molecule has 2 aromatic carbocycles. The van der Waals surface area contributed by atoms with Crippen LogP contribution in [0.25, 0.3) is 0 Å². The van der Waals surface area contributed by atoms with Crippen molar-refractivity contribution in [3.05, 3.63) is 70.3 Å². The minimum atomic E-state index is -0.486. The molecule has 19 heavy (non-hydrogen) atoms. The van der Waals surface area contributed by atoms with Gasteiger partial charge in [0.1, 0.15) is 11.6 Å². The van der Waals surface area contributed by atoms with Crippen LogP contribution in [0.1, 0.15) is 28.3 Å². The van der Waals surface area contributed by atoms with Gasteiger partial charge in [-0.05, 0) is 33.0 Å². The topological polar surface area (TPSA) is 12.0 Å². The summed E-state index contributed by atoms with van der Waals surface area (Å²) in [7, 11) is 1.70. The van der Waals surface area contributed by atoms with E-state index >= 15 is 0 Å². The first kappa shape index (κ1) is 13.7. The summed E-state index contributed by atoms with van der Waals surface area (Å²) in [5.41, 5.74) is 2.83. The highest BCUT2D eigenvalue weighted by atomic mass is 19.1. The minimum Gasteiger partial charge on any atom is -0.309 e. The predicted octanol–water partition coefficient (Wildman–Crippen LogP) is 3.89. The fourth-order valence-corrected chi connectivity index (χ4v) is 2.25. The molecule has 2 rings (SSSR count). The molecule has 1 nitrogen and oxygen atoms in total. The van der Waals surface area contributed by atoms with E-state index in [2.05, 4.69) is 5.32 Å². The summed E-state index contributed by atoms with van der Waals surface area (Å²) in [6.45, 7) is 3.78. The van der Waals surface area contributed by atoms with Crippen LogP contribution in [-0.2, 0) is 0 Å². The molecular formula is C16H17F2N. The maximum atomic E-state index is 14.0. The first-order valence-electron chi connectivity index (χ1n) is 6.22. The van der Waals surface area contributed by atoms with Crippen LogP contribution in [-0.4, -0.2) is 7.05 Å². The first-order valence-corrected chi connectivity index (χ1v) is 6.22. The van der Waals surface area contributed by atoms with Crippen molar-refractivity contribution in [2.75, 3.05) is 7.05 Å². The Kier molecular flexibility index (Phi) is 3.96. The van der Waals surface area contributed by atoms with Crippen LogP contribution in [0.15, 0.2) is 36.4 Å². The molecule has 0 fully saturated rings. The summed E-state index contributed by atoms with van der Waals surface area (Å²) in [6.07, 6.45) is 0. The maximum Gasteiger partial charge on any atom is 0.128 e. The third kappa shape index (κ3) is 2.82. The van der Waals surface area contributed by atoms with Crippen molar-refractivity contribution in [1.82, 2.24) is 5.32 Å². The molecule has 0 saturated carbocycles. The van der Waals surface area contributed by atoms with Gasteiger partial charge in [-0.2, -0.15) is 0 Å². The molecule has 0 amide bonds. The molecule has 0 aliphatic rings. The lowest BCUT2D eigenvalue weighted by Crippen LogP contribution is -2.20. The molecule has 0 aliphatic carbocycles. The average molecular weight is 261 g/mol. The molecule has 1 N–H and O–H groups in total. The van der Waals surface area contributed by atoms with Crippen LogP contribution in [0.3, 0.4) is 0 Å². The maximum absolute atomic E-state index is 14.0. The molecule has 0 aromatic heterocycles. The average Bonchev–Trinajstić information content (AvgIpc) is 2.38. The number of nitrogens with one attached hydrogen (secondary N) is 1. The molecule has 0 saturated heterocycles. The summed E-state index contributed by atoms with van der Waals surface area (Å²) < 4.78 is 27.9. The van der Waals surface area contributed by atoms with Gasteiger partial charge in [0.25, 0.3) is 0 Å². The van der Waals surface area contributed by atoms with Gasteiger partial charge in [0.2, 0.25) is 0 Å². The Morgan fingerprint density at radius 1 is 0.842 bits per heavy atom. The standard InChI is InChI=1S/C16H17F2N/c1-10-4-6-14(17)12(8-10)16(19-3)13-9-11(2)5-7-15(13)18/h4-9,16,19H,1-3H3. The van der Waals surface area contributed by atoms with Gasteiger partial charge in [0.05, 0.1) is 6.04 Å². The second-order valence-corrected chi connectivity index (χ2v) is 4.77. The second kappa shape index (κ2) is 5.49. The lowest BCUT2D eigenvalue weighted by molar-refractivity contribution is 0.546. The van der Waals surface area contributed by atoms with Crippen molar-refractivity contribution in [3.63, 3.8) is 0 Å². The monoisotopic (exact) mass is 261 g/mol. The molecule has 100 valence electrons. The van der Waals surface area contributed by atoms with Crippen molar-refractivity contribution in [2.24, 2.45) is 0 Å². The van der Waals surface area contributed by atoms with Gasteiger partial charge in [-0.3, -0.25) is 0 Å². The van der Waals surface area contributed by atoms with E-state index in [1.54, 1.807) is 31.3 Å². The summed E-state index contributed by atoms with van der Waals surface area (Å²) in [6, 6.07) is 9.26. The SMILES string of the molecule is CNC(c1cc(C)ccc1F)c1cc(C)ccc1F. The quantitative estimate of drug-likeness (QED) is 0.883. The molecule has 0 aliphatic heterocycles. The third-order valence-electron chi connectivity index (χ3n) is 3.21. The Balaban J connectivity index is 2.55. The Morgan fingerprint density at radius 2 is 1.26 bits per heavy atom. The minimum absolute atomic E-state index is 0.328. The predicted molar refractivity (Wildman–Crippen MR) is 73.2 cm³/mol. The molecular weight excluding hydrogens is 244 g/mol. The lowest BCUT2D eigenvalue weighted by Gasteiger charge is -2.19. The van der Waals surface area contributed by atoms with Gasteiger partial charge in [-0.15, -0.1) is 0 Å². The van der Waals surface area contributed by atoms with E-state index in [0.29, 0.717) is 11.1 Å². The highest BCUT2D eigenvalue weighted by Crippen LogP contribution is 2.27. The number of hydrogen-bond acceptors (Lipinski definition) is 1. The number of benzene rings is 2. The van der Waals surface area contributed by atoms with E-state index in [-0.39, 0.29) is 11.6 Å². The second-order valence-electron chi connectivity index (χ2n) is 4.77. The third-order valence-corrected chi connectivity index (χ3v) is 3.21. The first-order chi connectivity index (χ1) is 9.02. The Bertz CT molecular complexity index is 542. The molecule has 0 heterocycles. The zero-order chi connectivity index (χ0) is 14.0.